The van der Waals surface area contributed by atoms with Gasteiger partial charge in [0.25, 0.3) is 0 Å². The first-order valence-corrected chi connectivity index (χ1v) is 6.50. The van der Waals surface area contributed by atoms with Crippen molar-refractivity contribution in [1.29, 1.82) is 0 Å². The van der Waals surface area contributed by atoms with Crippen LogP contribution >= 0.6 is 0 Å². The monoisotopic (exact) mass is 271 g/mol. The fraction of sp³-hybridized carbons (Fsp3) is 0.750. The fourth-order valence-electron chi connectivity index (χ4n) is 1.98. The summed E-state index contributed by atoms with van der Waals surface area (Å²) in [7, 11) is 0. The molecular formula is C12H21N3O4. The maximum Gasteiger partial charge on any atom is 0.326 e. The Morgan fingerprint density at radius 1 is 1.42 bits per heavy atom. The third-order valence-electron chi connectivity index (χ3n) is 3.37. The molecular weight excluding hydrogens is 250 g/mol. The molecule has 108 valence electrons. The lowest BCUT2D eigenvalue weighted by Gasteiger charge is -2.32. The zero-order valence-electron chi connectivity index (χ0n) is 11.1. The van der Waals surface area contributed by atoms with E-state index in [2.05, 4.69) is 5.32 Å². The first-order valence-electron chi connectivity index (χ1n) is 6.50. The molecule has 0 bridgehead atoms. The second kappa shape index (κ2) is 6.96. The van der Waals surface area contributed by atoms with Crippen LogP contribution < -0.4 is 11.1 Å². The highest BCUT2D eigenvalue weighted by molar-refractivity contribution is 5.87. The number of carboxylic acid groups (broad SMARTS) is 1. The van der Waals surface area contributed by atoms with Gasteiger partial charge in [-0.1, -0.05) is 6.42 Å². The standard InChI is InChI=1S/C12H21N3O4/c1-2-15(7-8-4-3-5-8)12(19)14-9(11(17)18)6-10(13)16/h8-9H,2-7H2,1H3,(H2,13,16)(H,14,19)(H,17,18)/t9-/m0/s1. The highest BCUT2D eigenvalue weighted by Gasteiger charge is 2.27. The van der Waals surface area contributed by atoms with E-state index in [9.17, 15) is 14.4 Å². The highest BCUT2D eigenvalue weighted by Crippen LogP contribution is 2.27. The minimum Gasteiger partial charge on any atom is -0.480 e. The molecule has 0 aromatic rings. The van der Waals surface area contributed by atoms with Gasteiger partial charge in [-0.3, -0.25) is 4.79 Å². The average molecular weight is 271 g/mol. The predicted octanol–water partition coefficient (Wildman–Crippen LogP) is 0.147. The predicted molar refractivity (Wildman–Crippen MR) is 68.4 cm³/mol. The number of amides is 3. The van der Waals surface area contributed by atoms with Crippen LogP contribution in [0.5, 0.6) is 0 Å². The Morgan fingerprint density at radius 2 is 2.05 bits per heavy atom. The van der Waals surface area contributed by atoms with Crippen molar-refractivity contribution in [3.63, 3.8) is 0 Å². The Balaban J connectivity index is 2.52. The van der Waals surface area contributed by atoms with Crippen LogP contribution in [0.4, 0.5) is 4.79 Å². The van der Waals surface area contributed by atoms with Gasteiger partial charge in [-0.05, 0) is 25.7 Å². The van der Waals surface area contributed by atoms with Gasteiger partial charge in [0.2, 0.25) is 5.91 Å². The maximum absolute atomic E-state index is 11.9. The maximum atomic E-state index is 11.9. The van der Waals surface area contributed by atoms with Gasteiger partial charge >= 0.3 is 12.0 Å². The van der Waals surface area contributed by atoms with Crippen LogP contribution in [0.1, 0.15) is 32.6 Å². The highest BCUT2D eigenvalue weighted by atomic mass is 16.4. The van der Waals surface area contributed by atoms with Gasteiger partial charge in [-0.15, -0.1) is 0 Å². The Kier molecular flexibility index (Phi) is 5.59. The van der Waals surface area contributed by atoms with Gasteiger partial charge in [0.1, 0.15) is 6.04 Å². The Bertz CT molecular complexity index is 355. The van der Waals surface area contributed by atoms with Gasteiger partial charge in [0, 0.05) is 13.1 Å². The van der Waals surface area contributed by atoms with Crippen molar-refractivity contribution < 1.29 is 19.5 Å². The number of nitrogens with two attached hydrogens (primary N) is 1. The van der Waals surface area contributed by atoms with Crippen molar-refractivity contribution in [2.45, 2.75) is 38.6 Å². The van der Waals surface area contributed by atoms with Crippen molar-refractivity contribution in [1.82, 2.24) is 10.2 Å². The topological polar surface area (TPSA) is 113 Å². The van der Waals surface area contributed by atoms with Gasteiger partial charge in [0.05, 0.1) is 6.42 Å². The molecule has 1 aliphatic carbocycles. The molecule has 0 saturated heterocycles. The zero-order valence-corrected chi connectivity index (χ0v) is 11.1. The van der Waals surface area contributed by atoms with E-state index < -0.39 is 30.4 Å². The second-order valence-electron chi connectivity index (χ2n) is 4.85. The number of aliphatic carboxylic acids is 1. The normalized spacial score (nSPS) is 16.3. The minimum atomic E-state index is -1.26. The summed E-state index contributed by atoms with van der Waals surface area (Å²) in [6.07, 6.45) is 2.99. The zero-order chi connectivity index (χ0) is 14.4. The molecule has 0 radical (unpaired) electrons. The lowest BCUT2D eigenvalue weighted by molar-refractivity contribution is -0.141. The number of nitrogens with one attached hydrogen (secondary N) is 1. The van der Waals surface area contributed by atoms with Gasteiger partial charge < -0.3 is 21.1 Å². The largest absolute Gasteiger partial charge is 0.480 e. The van der Waals surface area contributed by atoms with Crippen LogP contribution in [-0.4, -0.2) is 47.0 Å². The molecule has 3 amide bonds. The van der Waals surface area contributed by atoms with Crippen LogP contribution in [0.15, 0.2) is 0 Å². The molecule has 0 aromatic heterocycles. The van der Waals surface area contributed by atoms with Crippen LogP contribution in [0.2, 0.25) is 0 Å². The van der Waals surface area contributed by atoms with E-state index in [1.807, 2.05) is 6.92 Å². The third kappa shape index (κ3) is 4.76. The van der Waals surface area contributed by atoms with Crippen molar-refractivity contribution >= 4 is 17.9 Å². The summed E-state index contributed by atoms with van der Waals surface area (Å²) in [5.41, 5.74) is 4.96. The van der Waals surface area contributed by atoms with Crippen molar-refractivity contribution in [2.75, 3.05) is 13.1 Å². The first kappa shape index (κ1) is 15.3. The lowest BCUT2D eigenvalue weighted by atomic mass is 9.85. The number of carbonyl (C=O) groups is 3. The average Bonchev–Trinajstić information content (AvgIpc) is 2.25. The summed E-state index contributed by atoms with van der Waals surface area (Å²) in [5, 5.41) is 11.3. The molecule has 1 rings (SSSR count). The fourth-order valence-corrected chi connectivity index (χ4v) is 1.98. The van der Waals surface area contributed by atoms with Gasteiger partial charge in [-0.25, -0.2) is 9.59 Å². The second-order valence-corrected chi connectivity index (χ2v) is 4.85. The number of hydrogen-bond acceptors (Lipinski definition) is 3. The number of urea groups is 1. The number of carboxylic acids is 1. The molecule has 0 unspecified atom stereocenters. The van der Waals surface area contributed by atoms with Crippen LogP contribution in [0.3, 0.4) is 0 Å². The number of nitrogens with zero attached hydrogens (tertiary/aromatic N) is 1. The van der Waals surface area contributed by atoms with Gasteiger partial charge in [-0.2, -0.15) is 0 Å². The van der Waals surface area contributed by atoms with E-state index in [0.29, 0.717) is 19.0 Å². The number of primary amides is 1. The SMILES string of the molecule is CCN(CC1CCC1)C(=O)N[C@@H](CC(N)=O)C(=O)O. The summed E-state index contributed by atoms with van der Waals surface area (Å²) < 4.78 is 0. The van der Waals surface area contributed by atoms with Crippen molar-refractivity contribution in [3.8, 4) is 0 Å². The molecule has 1 saturated carbocycles. The molecule has 0 spiro atoms. The molecule has 0 heterocycles. The van der Waals surface area contributed by atoms with Crippen molar-refractivity contribution in [2.24, 2.45) is 11.7 Å². The van der Waals surface area contributed by atoms with Crippen LogP contribution in [0.25, 0.3) is 0 Å². The third-order valence-corrected chi connectivity index (χ3v) is 3.37. The van der Waals surface area contributed by atoms with E-state index >= 15 is 0 Å². The quantitative estimate of drug-likeness (QED) is 0.611. The molecule has 19 heavy (non-hydrogen) atoms. The molecule has 7 heteroatoms. The van der Waals surface area contributed by atoms with E-state index in [-0.39, 0.29) is 0 Å². The molecule has 1 atom stereocenters. The van der Waals surface area contributed by atoms with Crippen molar-refractivity contribution in [3.05, 3.63) is 0 Å². The molecule has 4 N–H and O–H groups in total. The summed E-state index contributed by atoms with van der Waals surface area (Å²) in [4.78, 5) is 35.2. The van der Waals surface area contributed by atoms with E-state index in [4.69, 9.17) is 10.8 Å². The molecule has 0 aliphatic heterocycles. The number of carbonyl (C=O) groups excluding carboxylic acids is 2. The number of rotatable bonds is 7. The Labute approximate surface area is 112 Å². The van der Waals surface area contributed by atoms with E-state index in [0.717, 1.165) is 12.8 Å². The van der Waals surface area contributed by atoms with Gasteiger partial charge in [0.15, 0.2) is 0 Å². The molecule has 1 fully saturated rings. The summed E-state index contributed by atoms with van der Waals surface area (Å²) in [6.45, 7) is 2.97. The Morgan fingerprint density at radius 3 is 2.42 bits per heavy atom. The molecule has 0 aromatic carbocycles. The molecule has 7 nitrogen and oxygen atoms in total. The summed E-state index contributed by atoms with van der Waals surface area (Å²) >= 11 is 0. The smallest absolute Gasteiger partial charge is 0.326 e. The minimum absolute atomic E-state index is 0.401. The summed E-state index contributed by atoms with van der Waals surface area (Å²) in [5.74, 6) is -1.51. The lowest BCUT2D eigenvalue weighted by Crippen LogP contribution is -2.50. The van der Waals surface area contributed by atoms with Crippen LogP contribution in [-0.2, 0) is 9.59 Å². The first-order chi connectivity index (χ1) is 8.93. The van der Waals surface area contributed by atoms with Crippen LogP contribution in [0, 0.1) is 5.92 Å². The summed E-state index contributed by atoms with van der Waals surface area (Å²) in [6, 6.07) is -1.72. The van der Waals surface area contributed by atoms with E-state index in [1.54, 1.807) is 4.90 Å². The van der Waals surface area contributed by atoms with E-state index in [1.165, 1.54) is 6.42 Å². The Hall–Kier alpha value is -1.79. The molecule has 1 aliphatic rings. The number of hydrogen-bond donors (Lipinski definition) is 3.